The zero-order valence-corrected chi connectivity index (χ0v) is 12.9. The Morgan fingerprint density at radius 1 is 1.09 bits per heavy atom. The largest absolute Gasteiger partial charge is 0.504 e. The van der Waals surface area contributed by atoms with Crippen LogP contribution in [0.3, 0.4) is 0 Å². The number of aromatic hydroxyl groups is 1. The van der Waals surface area contributed by atoms with Gasteiger partial charge in [0.25, 0.3) is 0 Å². The number of benzene rings is 2. The van der Waals surface area contributed by atoms with E-state index in [4.69, 9.17) is 9.47 Å². The number of halogens is 1. The zero-order valence-electron chi connectivity index (χ0n) is 12.9. The molecule has 1 atom stereocenters. The van der Waals surface area contributed by atoms with E-state index in [9.17, 15) is 9.50 Å². The highest BCUT2D eigenvalue weighted by molar-refractivity contribution is 5.42. The maximum atomic E-state index is 13.4. The molecule has 2 rings (SSSR count). The van der Waals surface area contributed by atoms with Crippen LogP contribution in [-0.2, 0) is 6.54 Å². The summed E-state index contributed by atoms with van der Waals surface area (Å²) in [6, 6.07) is 9.55. The fourth-order valence-corrected chi connectivity index (χ4v) is 2.27. The van der Waals surface area contributed by atoms with Crippen LogP contribution in [0.2, 0.25) is 0 Å². The van der Waals surface area contributed by atoms with Gasteiger partial charge in [-0.15, -0.1) is 0 Å². The average molecular weight is 305 g/mol. The number of ether oxygens (including phenoxy) is 2. The van der Waals surface area contributed by atoms with Gasteiger partial charge in [-0.3, -0.25) is 0 Å². The van der Waals surface area contributed by atoms with Crippen LogP contribution in [0.4, 0.5) is 4.39 Å². The first kappa shape index (κ1) is 16.1. The van der Waals surface area contributed by atoms with Crippen molar-refractivity contribution in [1.29, 1.82) is 0 Å². The Morgan fingerprint density at radius 2 is 1.77 bits per heavy atom. The number of phenols is 1. The van der Waals surface area contributed by atoms with E-state index < -0.39 is 0 Å². The summed E-state index contributed by atoms with van der Waals surface area (Å²) in [7, 11) is 3.07. The highest BCUT2D eigenvalue weighted by atomic mass is 19.1. The molecule has 0 saturated carbocycles. The van der Waals surface area contributed by atoms with Gasteiger partial charge >= 0.3 is 0 Å². The van der Waals surface area contributed by atoms with Gasteiger partial charge in [0.15, 0.2) is 11.5 Å². The summed E-state index contributed by atoms with van der Waals surface area (Å²) >= 11 is 0. The molecule has 0 spiro atoms. The summed E-state index contributed by atoms with van der Waals surface area (Å²) in [6.45, 7) is 2.46. The highest BCUT2D eigenvalue weighted by Gasteiger charge is 2.12. The predicted molar refractivity (Wildman–Crippen MR) is 82.9 cm³/mol. The van der Waals surface area contributed by atoms with Crippen LogP contribution in [0.25, 0.3) is 0 Å². The smallest absolute Gasteiger partial charge is 0.160 e. The van der Waals surface area contributed by atoms with Gasteiger partial charge in [0.05, 0.1) is 14.2 Å². The van der Waals surface area contributed by atoms with Gasteiger partial charge in [0.1, 0.15) is 11.6 Å². The molecule has 0 fully saturated rings. The van der Waals surface area contributed by atoms with Crippen LogP contribution < -0.4 is 14.8 Å². The van der Waals surface area contributed by atoms with E-state index in [1.807, 2.05) is 13.0 Å². The molecule has 0 aromatic heterocycles. The molecule has 0 bridgehead atoms. The van der Waals surface area contributed by atoms with E-state index >= 15 is 0 Å². The summed E-state index contributed by atoms with van der Waals surface area (Å²) in [5.41, 5.74) is 1.65. The summed E-state index contributed by atoms with van der Waals surface area (Å²) in [5.74, 6) is 0.868. The molecule has 2 aromatic rings. The molecular weight excluding hydrogens is 285 g/mol. The van der Waals surface area contributed by atoms with Crippen molar-refractivity contribution < 1.29 is 19.0 Å². The molecule has 0 aliphatic rings. The molecule has 0 radical (unpaired) electrons. The number of nitrogens with one attached hydrogen (secondary N) is 1. The Bertz CT molecular complexity index is 646. The van der Waals surface area contributed by atoms with Gasteiger partial charge in [-0.25, -0.2) is 4.39 Å². The minimum Gasteiger partial charge on any atom is -0.504 e. The molecule has 22 heavy (non-hydrogen) atoms. The van der Waals surface area contributed by atoms with Gasteiger partial charge in [-0.2, -0.15) is 0 Å². The Morgan fingerprint density at radius 3 is 2.41 bits per heavy atom. The van der Waals surface area contributed by atoms with Crippen LogP contribution in [0.5, 0.6) is 17.2 Å². The second-order valence-electron chi connectivity index (χ2n) is 5.00. The molecule has 0 aliphatic carbocycles. The molecule has 0 amide bonds. The minimum absolute atomic E-state index is 0.0952. The van der Waals surface area contributed by atoms with Crippen molar-refractivity contribution in [3.8, 4) is 17.2 Å². The van der Waals surface area contributed by atoms with Crippen molar-refractivity contribution in [3.05, 3.63) is 53.3 Å². The Hall–Kier alpha value is -2.27. The van der Waals surface area contributed by atoms with Crippen molar-refractivity contribution in [2.24, 2.45) is 0 Å². The first-order valence-electron chi connectivity index (χ1n) is 6.98. The second kappa shape index (κ2) is 7.13. The van der Waals surface area contributed by atoms with E-state index in [0.717, 1.165) is 11.1 Å². The summed E-state index contributed by atoms with van der Waals surface area (Å²) < 4.78 is 23.7. The number of phenolic OH excluding ortho intramolecular Hbond substituents is 1. The topological polar surface area (TPSA) is 50.7 Å². The van der Waals surface area contributed by atoms with Crippen LogP contribution in [0.1, 0.15) is 24.1 Å². The molecule has 5 heteroatoms. The molecule has 0 saturated heterocycles. The highest BCUT2D eigenvalue weighted by Crippen LogP contribution is 2.28. The summed E-state index contributed by atoms with van der Waals surface area (Å²) in [5, 5.41) is 13.1. The third kappa shape index (κ3) is 3.68. The quantitative estimate of drug-likeness (QED) is 0.859. The van der Waals surface area contributed by atoms with Crippen LogP contribution in [0.15, 0.2) is 36.4 Å². The number of hydrogen-bond acceptors (Lipinski definition) is 4. The lowest BCUT2D eigenvalue weighted by molar-refractivity contribution is 0.372. The zero-order chi connectivity index (χ0) is 16.1. The maximum Gasteiger partial charge on any atom is 0.160 e. The van der Waals surface area contributed by atoms with Crippen LogP contribution in [0, 0.1) is 5.82 Å². The standard InChI is InChI=1S/C17H20FNO3/c1-11(14-9-13(18)5-7-16(14)21-2)19-10-12-4-6-17(22-3)15(20)8-12/h4-9,11,19-20H,10H2,1-3H3. The van der Waals surface area contributed by atoms with Gasteiger partial charge in [0, 0.05) is 18.2 Å². The summed E-state index contributed by atoms with van der Waals surface area (Å²) in [4.78, 5) is 0. The van der Waals surface area contributed by atoms with E-state index in [2.05, 4.69) is 5.32 Å². The number of methoxy groups -OCH3 is 2. The third-order valence-electron chi connectivity index (χ3n) is 3.51. The minimum atomic E-state index is -0.299. The monoisotopic (exact) mass is 305 g/mol. The van der Waals surface area contributed by atoms with Crippen LogP contribution in [-0.4, -0.2) is 19.3 Å². The molecule has 2 aromatic carbocycles. The summed E-state index contributed by atoms with van der Waals surface area (Å²) in [6.07, 6.45) is 0. The fraction of sp³-hybridized carbons (Fsp3) is 0.294. The SMILES string of the molecule is COc1ccc(CNC(C)c2cc(F)ccc2OC)cc1O. The van der Waals surface area contributed by atoms with Gasteiger partial charge in [-0.1, -0.05) is 6.07 Å². The van der Waals surface area contributed by atoms with Crippen molar-refractivity contribution >= 4 is 0 Å². The maximum absolute atomic E-state index is 13.4. The van der Waals surface area contributed by atoms with Crippen molar-refractivity contribution in [2.75, 3.05) is 14.2 Å². The van der Waals surface area contributed by atoms with Gasteiger partial charge in [-0.05, 0) is 42.8 Å². The van der Waals surface area contributed by atoms with Gasteiger partial charge in [0.2, 0.25) is 0 Å². The van der Waals surface area contributed by atoms with E-state index in [1.54, 1.807) is 25.3 Å². The normalized spacial score (nSPS) is 12.0. The lowest BCUT2D eigenvalue weighted by Crippen LogP contribution is -2.19. The predicted octanol–water partition coefficient (Wildman–Crippen LogP) is 3.40. The second-order valence-corrected chi connectivity index (χ2v) is 5.00. The molecule has 1 unspecified atom stereocenters. The molecule has 0 aliphatic heterocycles. The molecule has 2 N–H and O–H groups in total. The Labute approximate surface area is 129 Å². The lowest BCUT2D eigenvalue weighted by atomic mass is 10.1. The van der Waals surface area contributed by atoms with E-state index in [-0.39, 0.29) is 17.6 Å². The van der Waals surface area contributed by atoms with Crippen molar-refractivity contribution in [2.45, 2.75) is 19.5 Å². The molecule has 118 valence electrons. The number of rotatable bonds is 6. The fourth-order valence-electron chi connectivity index (χ4n) is 2.27. The first-order valence-corrected chi connectivity index (χ1v) is 6.98. The lowest BCUT2D eigenvalue weighted by Gasteiger charge is -2.17. The number of hydrogen-bond donors (Lipinski definition) is 2. The van der Waals surface area contributed by atoms with Gasteiger partial charge < -0.3 is 19.9 Å². The molecule has 4 nitrogen and oxygen atoms in total. The van der Waals surface area contributed by atoms with Crippen molar-refractivity contribution in [3.63, 3.8) is 0 Å². The van der Waals surface area contributed by atoms with Crippen LogP contribution >= 0.6 is 0 Å². The first-order chi connectivity index (χ1) is 10.5. The molecular formula is C17H20FNO3. The van der Waals surface area contributed by atoms with Crippen molar-refractivity contribution in [1.82, 2.24) is 5.32 Å². The van der Waals surface area contributed by atoms with E-state index in [1.165, 1.54) is 19.2 Å². The van der Waals surface area contributed by atoms with E-state index in [0.29, 0.717) is 18.0 Å². The Kier molecular flexibility index (Phi) is 5.22. The average Bonchev–Trinajstić information content (AvgIpc) is 2.52. The molecule has 0 heterocycles. The third-order valence-corrected chi connectivity index (χ3v) is 3.51. The Balaban J connectivity index is 2.08.